The lowest BCUT2D eigenvalue weighted by Gasteiger charge is -2.27. The van der Waals surface area contributed by atoms with E-state index >= 15 is 0 Å². The third kappa shape index (κ3) is 4.53. The molecule has 1 unspecified atom stereocenters. The van der Waals surface area contributed by atoms with E-state index < -0.39 is 0 Å². The van der Waals surface area contributed by atoms with Crippen molar-refractivity contribution in [3.8, 4) is 22.3 Å². The van der Waals surface area contributed by atoms with E-state index in [-0.39, 0.29) is 5.41 Å². The van der Waals surface area contributed by atoms with Gasteiger partial charge in [-0.3, -0.25) is 0 Å². The molecule has 0 N–H and O–H groups in total. The number of hydrogen-bond acceptors (Lipinski definition) is 1. The van der Waals surface area contributed by atoms with E-state index in [0.29, 0.717) is 5.92 Å². The van der Waals surface area contributed by atoms with Crippen LogP contribution in [0.4, 0.5) is 0 Å². The van der Waals surface area contributed by atoms with Gasteiger partial charge in [-0.1, -0.05) is 172 Å². The summed E-state index contributed by atoms with van der Waals surface area (Å²) in [5, 5.41) is 13.2. The van der Waals surface area contributed by atoms with Crippen molar-refractivity contribution in [1.82, 2.24) is 0 Å². The maximum absolute atomic E-state index is 2.59. The summed E-state index contributed by atoms with van der Waals surface area (Å²) in [5.74, 6) is 0.295. The first-order valence-corrected chi connectivity index (χ1v) is 20.7. The fourth-order valence-corrected chi connectivity index (χ4v) is 11.6. The second kappa shape index (κ2) is 11.9. The van der Waals surface area contributed by atoms with Crippen LogP contribution in [0.1, 0.15) is 42.9 Å². The molecule has 0 aliphatic heterocycles. The minimum absolute atomic E-state index is 0.0679. The molecule has 264 valence electrons. The molecule has 1 heterocycles. The van der Waals surface area contributed by atoms with E-state index in [4.69, 9.17) is 0 Å². The number of allylic oxidation sites excluding steroid dienone is 4. The van der Waals surface area contributed by atoms with Crippen LogP contribution in [0.2, 0.25) is 0 Å². The van der Waals surface area contributed by atoms with Crippen molar-refractivity contribution < 1.29 is 0 Å². The molecule has 10 aromatic rings. The van der Waals surface area contributed by atoms with Gasteiger partial charge in [0.25, 0.3) is 0 Å². The Balaban J connectivity index is 1.01. The third-order valence-corrected chi connectivity index (χ3v) is 14.1. The Labute approximate surface area is 330 Å². The standard InChI is InChI=1S/C55H38S/c1-55(2)49-28-26-35(30-47(49)45-27-25-36-31-48-39-18-9-10-24-50(39)56-51(48)32-46(36)54(45)55)34-15-11-16-37(29-34)52-41-19-5-7-21-43(41)53(44-22-8-6-20-42(44)52)40-23-12-14-33-13-3-4-17-38(33)40/h3-25,27-32,35H,26H2,1-2H3. The van der Waals surface area contributed by atoms with Gasteiger partial charge in [-0.25, -0.2) is 0 Å². The fourth-order valence-electron chi connectivity index (χ4n) is 10.4. The Kier molecular flexibility index (Phi) is 6.78. The monoisotopic (exact) mass is 730 g/mol. The van der Waals surface area contributed by atoms with E-state index in [2.05, 4.69) is 190 Å². The molecule has 0 saturated carbocycles. The highest BCUT2D eigenvalue weighted by atomic mass is 32.1. The van der Waals surface area contributed by atoms with Gasteiger partial charge in [0.1, 0.15) is 0 Å². The average molecular weight is 731 g/mol. The van der Waals surface area contributed by atoms with Gasteiger partial charge >= 0.3 is 0 Å². The molecule has 0 spiro atoms. The predicted octanol–water partition coefficient (Wildman–Crippen LogP) is 15.8. The molecule has 0 amide bonds. The Morgan fingerprint density at radius 1 is 0.482 bits per heavy atom. The zero-order valence-electron chi connectivity index (χ0n) is 31.4. The molecule has 12 rings (SSSR count). The Hall–Kier alpha value is -6.28. The van der Waals surface area contributed by atoms with Crippen LogP contribution in [0, 0.1) is 0 Å². The van der Waals surface area contributed by atoms with Crippen LogP contribution < -0.4 is 0 Å². The van der Waals surface area contributed by atoms with E-state index in [9.17, 15) is 0 Å². The SMILES string of the molecule is CC1(C)C2=CCC(c3cccc(-c4c5ccccc5c(-c5cccc6ccccc56)c5ccccc45)c3)C=C2c2ccc3cc4c(cc3c21)sc1ccccc14. The average Bonchev–Trinajstić information content (AvgIpc) is 3.72. The summed E-state index contributed by atoms with van der Waals surface area (Å²) in [6.45, 7) is 4.87. The highest BCUT2D eigenvalue weighted by Crippen LogP contribution is 2.56. The van der Waals surface area contributed by atoms with E-state index in [1.807, 2.05) is 11.3 Å². The van der Waals surface area contributed by atoms with Gasteiger partial charge in [0, 0.05) is 31.5 Å². The lowest BCUT2D eigenvalue weighted by molar-refractivity contribution is 0.656. The topological polar surface area (TPSA) is 0 Å². The summed E-state index contributed by atoms with van der Waals surface area (Å²) in [4.78, 5) is 0. The second-order valence-corrected chi connectivity index (χ2v) is 17.4. The minimum Gasteiger partial charge on any atom is -0.135 e. The molecular weight excluding hydrogens is 693 g/mol. The van der Waals surface area contributed by atoms with Gasteiger partial charge in [0.05, 0.1) is 0 Å². The van der Waals surface area contributed by atoms with Crippen LogP contribution in [-0.4, -0.2) is 0 Å². The highest BCUT2D eigenvalue weighted by molar-refractivity contribution is 7.25. The minimum atomic E-state index is -0.0679. The molecule has 2 aliphatic rings. The van der Waals surface area contributed by atoms with E-state index in [0.717, 1.165) is 6.42 Å². The van der Waals surface area contributed by atoms with Gasteiger partial charge in [-0.05, 0) is 118 Å². The number of hydrogen-bond donors (Lipinski definition) is 0. The van der Waals surface area contributed by atoms with Gasteiger partial charge < -0.3 is 0 Å². The highest BCUT2D eigenvalue weighted by Gasteiger charge is 2.41. The molecular formula is C55H38S. The Morgan fingerprint density at radius 3 is 1.93 bits per heavy atom. The molecule has 9 aromatic carbocycles. The maximum Gasteiger partial charge on any atom is 0.0361 e. The van der Waals surface area contributed by atoms with Crippen molar-refractivity contribution in [2.75, 3.05) is 0 Å². The van der Waals surface area contributed by atoms with Crippen molar-refractivity contribution >= 4 is 80.2 Å². The summed E-state index contributed by atoms with van der Waals surface area (Å²) in [6.07, 6.45) is 6.14. The van der Waals surface area contributed by atoms with E-state index in [1.54, 1.807) is 0 Å². The van der Waals surface area contributed by atoms with E-state index in [1.165, 1.54) is 113 Å². The van der Waals surface area contributed by atoms with Gasteiger partial charge in [-0.15, -0.1) is 11.3 Å². The summed E-state index contributed by atoms with van der Waals surface area (Å²) in [7, 11) is 0. The molecule has 1 aromatic heterocycles. The summed E-state index contributed by atoms with van der Waals surface area (Å²) in [5.41, 5.74) is 12.3. The fraction of sp³-hybridized carbons (Fsp3) is 0.0909. The lowest BCUT2D eigenvalue weighted by atomic mass is 9.77. The Bertz CT molecular complexity index is 3300. The molecule has 0 bridgehead atoms. The van der Waals surface area contributed by atoms with Crippen LogP contribution in [-0.2, 0) is 5.41 Å². The van der Waals surface area contributed by atoms with Crippen molar-refractivity contribution in [2.24, 2.45) is 0 Å². The third-order valence-electron chi connectivity index (χ3n) is 12.9. The van der Waals surface area contributed by atoms with Crippen LogP contribution in [0.3, 0.4) is 0 Å². The van der Waals surface area contributed by atoms with Crippen LogP contribution in [0.25, 0.3) is 91.1 Å². The number of fused-ring (bicyclic) bond motifs is 11. The Morgan fingerprint density at radius 2 is 1.14 bits per heavy atom. The normalized spacial score (nSPS) is 16.1. The first-order chi connectivity index (χ1) is 27.5. The predicted molar refractivity (Wildman–Crippen MR) is 243 cm³/mol. The van der Waals surface area contributed by atoms with Crippen LogP contribution in [0.5, 0.6) is 0 Å². The lowest BCUT2D eigenvalue weighted by Crippen LogP contribution is -2.17. The molecule has 1 atom stereocenters. The second-order valence-electron chi connectivity index (χ2n) is 16.3. The molecule has 0 fully saturated rings. The summed E-state index contributed by atoms with van der Waals surface area (Å²) in [6, 6.07) is 61.5. The molecule has 0 radical (unpaired) electrons. The molecule has 2 aliphatic carbocycles. The van der Waals surface area contributed by atoms with Crippen molar-refractivity contribution in [3.63, 3.8) is 0 Å². The van der Waals surface area contributed by atoms with Gasteiger partial charge in [0.15, 0.2) is 0 Å². The first-order valence-electron chi connectivity index (χ1n) is 19.9. The van der Waals surface area contributed by atoms with Gasteiger partial charge in [-0.2, -0.15) is 0 Å². The van der Waals surface area contributed by atoms with Crippen LogP contribution >= 0.6 is 11.3 Å². The summed E-state index contributed by atoms with van der Waals surface area (Å²) < 4.78 is 2.74. The summed E-state index contributed by atoms with van der Waals surface area (Å²) >= 11 is 1.92. The first kappa shape index (κ1) is 32.0. The quantitative estimate of drug-likeness (QED) is 0.159. The molecule has 56 heavy (non-hydrogen) atoms. The molecule has 1 heteroatoms. The molecule has 0 nitrogen and oxygen atoms in total. The van der Waals surface area contributed by atoms with Crippen molar-refractivity contribution in [2.45, 2.75) is 31.6 Å². The van der Waals surface area contributed by atoms with Crippen LogP contribution in [0.15, 0.2) is 182 Å². The van der Waals surface area contributed by atoms with Gasteiger partial charge in [0.2, 0.25) is 0 Å². The van der Waals surface area contributed by atoms with Crippen molar-refractivity contribution in [3.05, 3.63) is 198 Å². The van der Waals surface area contributed by atoms with Crippen molar-refractivity contribution in [1.29, 1.82) is 0 Å². The number of thiophene rings is 1. The zero-order valence-corrected chi connectivity index (χ0v) is 32.3. The smallest absolute Gasteiger partial charge is 0.0361 e. The molecule has 0 saturated heterocycles. The number of benzene rings is 9. The zero-order chi connectivity index (χ0) is 37.1. The largest absolute Gasteiger partial charge is 0.135 e. The number of rotatable bonds is 3. The maximum atomic E-state index is 2.59.